The van der Waals surface area contributed by atoms with E-state index in [-0.39, 0.29) is 0 Å². The van der Waals surface area contributed by atoms with Gasteiger partial charge in [0.25, 0.3) is 0 Å². The van der Waals surface area contributed by atoms with Crippen molar-refractivity contribution in [3.05, 3.63) is 30.1 Å². The first-order chi connectivity index (χ1) is 5.29. The lowest BCUT2D eigenvalue weighted by molar-refractivity contribution is 0.758. The summed E-state index contributed by atoms with van der Waals surface area (Å²) in [6, 6.07) is 4.24. The molecular formula is C10H15N. The zero-order chi connectivity index (χ0) is 8.27. The number of aromatic nitrogens is 1. The van der Waals surface area contributed by atoms with Crippen molar-refractivity contribution in [2.24, 2.45) is 0 Å². The number of nitrogens with zero attached hydrogens (tertiary/aromatic N) is 1. The predicted octanol–water partition coefficient (Wildman–Crippen LogP) is 2.93. The van der Waals surface area contributed by atoms with E-state index in [2.05, 4.69) is 49.7 Å². The van der Waals surface area contributed by atoms with Crippen LogP contribution in [-0.2, 0) is 6.54 Å². The maximum absolute atomic E-state index is 2.25. The van der Waals surface area contributed by atoms with Crippen LogP contribution in [0.2, 0.25) is 0 Å². The number of hydrogen-bond acceptors (Lipinski definition) is 0. The molecule has 1 aromatic heterocycles. The highest BCUT2D eigenvalue weighted by Crippen LogP contribution is 2.13. The van der Waals surface area contributed by atoms with Gasteiger partial charge in [-0.2, -0.15) is 0 Å². The lowest BCUT2D eigenvalue weighted by atomic mass is 10.2. The first-order valence-corrected chi connectivity index (χ1v) is 4.08. The summed E-state index contributed by atoms with van der Waals surface area (Å²) < 4.78 is 2.25. The molecule has 0 bridgehead atoms. The van der Waals surface area contributed by atoms with Crippen LogP contribution in [-0.4, -0.2) is 4.57 Å². The number of allylic oxidation sites excluding steroid dienone is 2. The predicted molar refractivity (Wildman–Crippen MR) is 49.4 cm³/mol. The highest BCUT2D eigenvalue weighted by Gasteiger charge is 1.98. The molecule has 0 atom stereocenters. The number of hydrogen-bond donors (Lipinski definition) is 0. The lowest BCUT2D eigenvalue weighted by Crippen LogP contribution is -1.96. The van der Waals surface area contributed by atoms with Crippen LogP contribution in [0.25, 0.3) is 5.57 Å². The molecule has 60 valence electrons. The summed E-state index contributed by atoms with van der Waals surface area (Å²) in [6.07, 6.45) is 4.25. The highest BCUT2D eigenvalue weighted by molar-refractivity contribution is 5.60. The van der Waals surface area contributed by atoms with Crippen LogP contribution in [0.1, 0.15) is 26.5 Å². The SMILES string of the molecule is CC=C(C)c1cccn1CC. The Bertz CT molecular complexity index is 256. The molecule has 0 amide bonds. The Kier molecular flexibility index (Phi) is 2.53. The van der Waals surface area contributed by atoms with Gasteiger partial charge in [0.1, 0.15) is 0 Å². The second-order valence-electron chi connectivity index (χ2n) is 2.65. The summed E-state index contributed by atoms with van der Waals surface area (Å²) in [6.45, 7) is 7.42. The van der Waals surface area contributed by atoms with Crippen LogP contribution < -0.4 is 0 Å². The normalized spacial score (nSPS) is 12.1. The third kappa shape index (κ3) is 1.53. The molecule has 0 N–H and O–H groups in total. The van der Waals surface area contributed by atoms with Gasteiger partial charge in [0.15, 0.2) is 0 Å². The molecule has 0 aliphatic heterocycles. The van der Waals surface area contributed by atoms with E-state index in [1.54, 1.807) is 0 Å². The van der Waals surface area contributed by atoms with Gasteiger partial charge in [-0.05, 0) is 38.5 Å². The molecule has 0 unspecified atom stereocenters. The maximum atomic E-state index is 2.25. The third-order valence-electron chi connectivity index (χ3n) is 2.01. The molecule has 0 aliphatic carbocycles. The van der Waals surface area contributed by atoms with E-state index in [9.17, 15) is 0 Å². The Labute approximate surface area is 68.4 Å². The summed E-state index contributed by atoms with van der Waals surface area (Å²) in [5.41, 5.74) is 2.67. The summed E-state index contributed by atoms with van der Waals surface area (Å²) >= 11 is 0. The molecular weight excluding hydrogens is 134 g/mol. The molecule has 1 heteroatoms. The summed E-state index contributed by atoms with van der Waals surface area (Å²) in [5.74, 6) is 0. The van der Waals surface area contributed by atoms with Gasteiger partial charge in [-0.15, -0.1) is 0 Å². The summed E-state index contributed by atoms with van der Waals surface area (Å²) in [4.78, 5) is 0. The Hall–Kier alpha value is -0.980. The van der Waals surface area contributed by atoms with Crippen LogP contribution >= 0.6 is 0 Å². The molecule has 0 fully saturated rings. The van der Waals surface area contributed by atoms with Gasteiger partial charge >= 0.3 is 0 Å². The van der Waals surface area contributed by atoms with Crippen LogP contribution in [0, 0.1) is 0 Å². The van der Waals surface area contributed by atoms with Crippen molar-refractivity contribution in [1.29, 1.82) is 0 Å². The smallest absolute Gasteiger partial charge is 0.0432 e. The number of rotatable bonds is 2. The van der Waals surface area contributed by atoms with Crippen molar-refractivity contribution >= 4 is 5.57 Å². The summed E-state index contributed by atoms with van der Waals surface area (Å²) in [7, 11) is 0. The van der Waals surface area contributed by atoms with E-state index in [0.29, 0.717) is 0 Å². The lowest BCUT2D eigenvalue weighted by Gasteiger charge is -2.05. The van der Waals surface area contributed by atoms with E-state index in [1.807, 2.05) is 0 Å². The molecule has 0 aromatic carbocycles. The molecule has 11 heavy (non-hydrogen) atoms. The second-order valence-corrected chi connectivity index (χ2v) is 2.65. The van der Waals surface area contributed by atoms with Crippen molar-refractivity contribution in [3.63, 3.8) is 0 Å². The fourth-order valence-electron chi connectivity index (χ4n) is 1.20. The fourth-order valence-corrected chi connectivity index (χ4v) is 1.20. The van der Waals surface area contributed by atoms with Crippen LogP contribution in [0.5, 0.6) is 0 Å². The fraction of sp³-hybridized carbons (Fsp3) is 0.400. The van der Waals surface area contributed by atoms with Crippen molar-refractivity contribution in [2.45, 2.75) is 27.3 Å². The standard InChI is InChI=1S/C10H15N/c1-4-9(3)10-7-6-8-11(10)5-2/h4,6-8H,5H2,1-3H3. The minimum Gasteiger partial charge on any atom is -0.348 e. The van der Waals surface area contributed by atoms with Gasteiger partial charge in [0.2, 0.25) is 0 Å². The van der Waals surface area contributed by atoms with Crippen LogP contribution in [0.15, 0.2) is 24.4 Å². The van der Waals surface area contributed by atoms with E-state index >= 15 is 0 Å². The third-order valence-corrected chi connectivity index (χ3v) is 2.01. The molecule has 0 spiro atoms. The van der Waals surface area contributed by atoms with Crippen molar-refractivity contribution in [3.8, 4) is 0 Å². The van der Waals surface area contributed by atoms with Gasteiger partial charge in [0, 0.05) is 18.4 Å². The van der Waals surface area contributed by atoms with E-state index in [4.69, 9.17) is 0 Å². The highest BCUT2D eigenvalue weighted by atomic mass is 15.0. The minimum absolute atomic E-state index is 1.05. The van der Waals surface area contributed by atoms with Gasteiger partial charge in [0.05, 0.1) is 0 Å². The average Bonchev–Trinajstić information content (AvgIpc) is 2.50. The molecule has 1 aromatic rings. The molecule has 0 saturated heterocycles. The minimum atomic E-state index is 1.05. The topological polar surface area (TPSA) is 4.93 Å². The van der Waals surface area contributed by atoms with Gasteiger partial charge in [-0.25, -0.2) is 0 Å². The van der Waals surface area contributed by atoms with Crippen LogP contribution in [0.3, 0.4) is 0 Å². The second kappa shape index (κ2) is 3.42. The Morgan fingerprint density at radius 2 is 2.36 bits per heavy atom. The van der Waals surface area contributed by atoms with Gasteiger partial charge < -0.3 is 4.57 Å². The van der Waals surface area contributed by atoms with E-state index in [0.717, 1.165) is 6.54 Å². The maximum Gasteiger partial charge on any atom is 0.0432 e. The van der Waals surface area contributed by atoms with Gasteiger partial charge in [-0.3, -0.25) is 0 Å². The van der Waals surface area contributed by atoms with Crippen molar-refractivity contribution < 1.29 is 0 Å². The molecule has 1 nitrogen and oxygen atoms in total. The zero-order valence-electron chi connectivity index (χ0n) is 7.46. The molecule has 0 radical (unpaired) electrons. The molecule has 1 rings (SSSR count). The van der Waals surface area contributed by atoms with Gasteiger partial charge in [-0.1, -0.05) is 6.08 Å². The van der Waals surface area contributed by atoms with Crippen molar-refractivity contribution in [2.75, 3.05) is 0 Å². The van der Waals surface area contributed by atoms with Crippen LogP contribution in [0.4, 0.5) is 0 Å². The first-order valence-electron chi connectivity index (χ1n) is 4.08. The first kappa shape index (κ1) is 8.12. The Morgan fingerprint density at radius 3 is 2.91 bits per heavy atom. The largest absolute Gasteiger partial charge is 0.348 e. The number of aryl methyl sites for hydroxylation is 1. The Balaban J connectivity index is 3.02. The van der Waals surface area contributed by atoms with Crippen molar-refractivity contribution in [1.82, 2.24) is 4.57 Å². The van der Waals surface area contributed by atoms with E-state index in [1.165, 1.54) is 11.3 Å². The Morgan fingerprint density at radius 1 is 1.64 bits per heavy atom. The van der Waals surface area contributed by atoms with E-state index < -0.39 is 0 Å². The average molecular weight is 149 g/mol. The molecule has 1 heterocycles. The molecule has 0 aliphatic rings. The zero-order valence-corrected chi connectivity index (χ0v) is 7.46. The summed E-state index contributed by atoms with van der Waals surface area (Å²) in [5, 5.41) is 0. The quantitative estimate of drug-likeness (QED) is 0.609. The monoisotopic (exact) mass is 149 g/mol. The molecule has 0 saturated carbocycles.